The molecule has 2 aromatic rings. The summed E-state index contributed by atoms with van der Waals surface area (Å²) in [5.41, 5.74) is 13.1. The van der Waals surface area contributed by atoms with Crippen molar-refractivity contribution >= 4 is 5.91 Å². The van der Waals surface area contributed by atoms with Crippen LogP contribution in [0.4, 0.5) is 0 Å². The van der Waals surface area contributed by atoms with E-state index in [1.54, 1.807) is 5.56 Å². The molecule has 1 amide bonds. The number of amides is 1. The van der Waals surface area contributed by atoms with Gasteiger partial charge in [-0.15, -0.1) is 0 Å². The number of rotatable bonds is 7. The quantitative estimate of drug-likeness (QED) is 0.682. The Morgan fingerprint density at radius 2 is 1.79 bits per heavy atom. The molecule has 0 radical (unpaired) electrons. The van der Waals surface area contributed by atoms with Gasteiger partial charge in [0.05, 0.1) is 0 Å². The standard InChI is InChI=1S/C25H35N3O/c1-18-22(15-16-27-17-19-7-3-2-4-8-19)23-9-5-6-10-24(23)28(18)21-13-11-20(12-14-21)25(26)29/h11-14,19,27H,2-10,15-17H2,1H3,(H2,26,29). The van der Waals surface area contributed by atoms with Crippen LogP contribution in [0.5, 0.6) is 0 Å². The van der Waals surface area contributed by atoms with E-state index in [0.29, 0.717) is 5.56 Å². The second-order valence-electron chi connectivity index (χ2n) is 8.90. The number of nitrogens with one attached hydrogen (secondary N) is 1. The van der Waals surface area contributed by atoms with Crippen molar-refractivity contribution in [3.05, 3.63) is 52.3 Å². The summed E-state index contributed by atoms with van der Waals surface area (Å²) >= 11 is 0. The van der Waals surface area contributed by atoms with E-state index >= 15 is 0 Å². The Labute approximate surface area is 174 Å². The first-order valence-corrected chi connectivity index (χ1v) is 11.5. The highest BCUT2D eigenvalue weighted by Gasteiger charge is 2.23. The summed E-state index contributed by atoms with van der Waals surface area (Å²) < 4.78 is 2.43. The van der Waals surface area contributed by atoms with Gasteiger partial charge < -0.3 is 15.6 Å². The number of benzene rings is 1. The van der Waals surface area contributed by atoms with Gasteiger partial charge in [-0.1, -0.05) is 19.3 Å². The SMILES string of the molecule is Cc1c(CCNCC2CCCCC2)c2c(n1-c1ccc(C(N)=O)cc1)CCCC2. The largest absolute Gasteiger partial charge is 0.366 e. The van der Waals surface area contributed by atoms with Crippen LogP contribution in [-0.4, -0.2) is 23.6 Å². The predicted molar refractivity (Wildman–Crippen MR) is 119 cm³/mol. The summed E-state index contributed by atoms with van der Waals surface area (Å²) in [5.74, 6) is 0.514. The molecule has 0 saturated heterocycles. The minimum absolute atomic E-state index is 0.368. The molecule has 1 aromatic heterocycles. The molecule has 1 fully saturated rings. The molecule has 0 atom stereocenters. The third kappa shape index (κ3) is 4.42. The summed E-state index contributed by atoms with van der Waals surface area (Å²) in [6, 6.07) is 7.76. The average molecular weight is 394 g/mol. The van der Waals surface area contributed by atoms with Gasteiger partial charge in [0.2, 0.25) is 5.91 Å². The van der Waals surface area contributed by atoms with Gasteiger partial charge in [0.15, 0.2) is 0 Å². The van der Waals surface area contributed by atoms with Gasteiger partial charge in [-0.25, -0.2) is 0 Å². The Bertz CT molecular complexity index is 844. The Kier molecular flexibility index (Phi) is 6.39. The van der Waals surface area contributed by atoms with Crippen molar-refractivity contribution in [1.29, 1.82) is 0 Å². The zero-order valence-electron chi connectivity index (χ0n) is 17.8. The highest BCUT2D eigenvalue weighted by atomic mass is 16.1. The van der Waals surface area contributed by atoms with Gasteiger partial charge in [0, 0.05) is 22.6 Å². The van der Waals surface area contributed by atoms with Gasteiger partial charge in [-0.05, 0) is 106 Å². The first kappa shape index (κ1) is 20.2. The fraction of sp³-hybridized carbons (Fsp3) is 0.560. The van der Waals surface area contributed by atoms with Gasteiger partial charge in [-0.2, -0.15) is 0 Å². The van der Waals surface area contributed by atoms with E-state index in [1.165, 1.54) is 74.9 Å². The van der Waals surface area contributed by atoms with Crippen LogP contribution in [0.15, 0.2) is 24.3 Å². The van der Waals surface area contributed by atoms with Crippen LogP contribution in [0.2, 0.25) is 0 Å². The van der Waals surface area contributed by atoms with E-state index in [1.807, 2.05) is 24.3 Å². The van der Waals surface area contributed by atoms with Crippen molar-refractivity contribution in [2.75, 3.05) is 13.1 Å². The topological polar surface area (TPSA) is 60.1 Å². The molecule has 4 nitrogen and oxygen atoms in total. The Morgan fingerprint density at radius 3 is 2.52 bits per heavy atom. The van der Waals surface area contributed by atoms with E-state index in [0.717, 1.165) is 31.0 Å². The lowest BCUT2D eigenvalue weighted by Gasteiger charge is -2.22. The van der Waals surface area contributed by atoms with Gasteiger partial charge in [0.25, 0.3) is 0 Å². The van der Waals surface area contributed by atoms with Crippen LogP contribution in [0, 0.1) is 12.8 Å². The van der Waals surface area contributed by atoms with Crippen LogP contribution < -0.4 is 11.1 Å². The maximum atomic E-state index is 11.4. The second-order valence-corrected chi connectivity index (χ2v) is 8.90. The number of hydrogen-bond acceptors (Lipinski definition) is 2. The molecule has 0 spiro atoms. The molecule has 4 heteroatoms. The maximum absolute atomic E-state index is 11.4. The van der Waals surface area contributed by atoms with Crippen LogP contribution >= 0.6 is 0 Å². The van der Waals surface area contributed by atoms with Crippen molar-refractivity contribution in [2.45, 2.75) is 71.1 Å². The molecule has 29 heavy (non-hydrogen) atoms. The molecule has 1 saturated carbocycles. The molecule has 2 aliphatic rings. The van der Waals surface area contributed by atoms with E-state index in [4.69, 9.17) is 5.73 Å². The van der Waals surface area contributed by atoms with E-state index < -0.39 is 0 Å². The van der Waals surface area contributed by atoms with Gasteiger partial charge in [0.1, 0.15) is 0 Å². The zero-order valence-corrected chi connectivity index (χ0v) is 17.8. The third-order valence-corrected chi connectivity index (χ3v) is 6.96. The molecule has 0 unspecified atom stereocenters. The smallest absolute Gasteiger partial charge is 0.248 e. The highest BCUT2D eigenvalue weighted by Crippen LogP contribution is 2.33. The fourth-order valence-corrected chi connectivity index (χ4v) is 5.38. The normalized spacial score (nSPS) is 17.3. The van der Waals surface area contributed by atoms with Crippen molar-refractivity contribution < 1.29 is 4.79 Å². The lowest BCUT2D eigenvalue weighted by atomic mass is 9.89. The summed E-state index contributed by atoms with van der Waals surface area (Å²) in [6.07, 6.45) is 13.0. The Hall–Kier alpha value is -2.07. The Balaban J connectivity index is 1.51. The molecular formula is C25H35N3O. The second kappa shape index (κ2) is 9.17. The molecule has 4 rings (SSSR count). The lowest BCUT2D eigenvalue weighted by Crippen LogP contribution is -2.26. The summed E-state index contributed by atoms with van der Waals surface area (Å²) in [4.78, 5) is 11.4. The lowest BCUT2D eigenvalue weighted by molar-refractivity contribution is 0.100. The van der Waals surface area contributed by atoms with E-state index in [-0.39, 0.29) is 5.91 Å². The highest BCUT2D eigenvalue weighted by molar-refractivity contribution is 5.92. The molecule has 156 valence electrons. The first-order valence-electron chi connectivity index (χ1n) is 11.5. The van der Waals surface area contributed by atoms with Crippen molar-refractivity contribution in [2.24, 2.45) is 11.7 Å². The monoisotopic (exact) mass is 393 g/mol. The number of carbonyl (C=O) groups is 1. The molecule has 0 bridgehead atoms. The minimum Gasteiger partial charge on any atom is -0.366 e. The average Bonchev–Trinajstić information content (AvgIpc) is 3.03. The molecule has 0 aliphatic heterocycles. The van der Waals surface area contributed by atoms with E-state index in [2.05, 4.69) is 16.8 Å². The molecule has 2 aliphatic carbocycles. The predicted octanol–water partition coefficient (Wildman–Crippen LogP) is 4.48. The summed E-state index contributed by atoms with van der Waals surface area (Å²) in [6.45, 7) is 4.50. The fourth-order valence-electron chi connectivity index (χ4n) is 5.38. The third-order valence-electron chi connectivity index (χ3n) is 6.96. The number of hydrogen-bond donors (Lipinski definition) is 2. The van der Waals surface area contributed by atoms with Crippen LogP contribution in [0.25, 0.3) is 5.69 Å². The molecular weight excluding hydrogens is 358 g/mol. The van der Waals surface area contributed by atoms with Crippen LogP contribution in [0.3, 0.4) is 0 Å². The number of primary amides is 1. The van der Waals surface area contributed by atoms with E-state index in [9.17, 15) is 4.79 Å². The molecule has 3 N–H and O–H groups in total. The summed E-state index contributed by atoms with van der Waals surface area (Å²) in [7, 11) is 0. The molecule has 1 heterocycles. The van der Waals surface area contributed by atoms with Crippen LogP contribution in [0.1, 0.15) is 77.8 Å². The van der Waals surface area contributed by atoms with Gasteiger partial charge >= 0.3 is 0 Å². The van der Waals surface area contributed by atoms with Crippen molar-refractivity contribution in [3.8, 4) is 5.69 Å². The summed E-state index contributed by atoms with van der Waals surface area (Å²) in [5, 5.41) is 3.75. The van der Waals surface area contributed by atoms with Crippen molar-refractivity contribution in [3.63, 3.8) is 0 Å². The number of carbonyl (C=O) groups excluding carboxylic acids is 1. The minimum atomic E-state index is -0.368. The maximum Gasteiger partial charge on any atom is 0.248 e. The van der Waals surface area contributed by atoms with Crippen LogP contribution in [-0.2, 0) is 19.3 Å². The Morgan fingerprint density at radius 1 is 1.07 bits per heavy atom. The number of fused-ring (bicyclic) bond motifs is 1. The zero-order chi connectivity index (χ0) is 20.2. The van der Waals surface area contributed by atoms with Crippen molar-refractivity contribution in [1.82, 2.24) is 9.88 Å². The number of aromatic nitrogens is 1. The molecule has 1 aromatic carbocycles. The first-order chi connectivity index (χ1) is 14.1. The van der Waals surface area contributed by atoms with Gasteiger partial charge in [-0.3, -0.25) is 4.79 Å². The number of nitrogens with zero attached hydrogens (tertiary/aromatic N) is 1. The number of nitrogens with two attached hydrogens (primary N) is 1.